The van der Waals surface area contributed by atoms with Gasteiger partial charge < -0.3 is 9.80 Å². The van der Waals surface area contributed by atoms with Gasteiger partial charge in [-0.05, 0) is 52.8 Å². The van der Waals surface area contributed by atoms with E-state index in [-0.39, 0.29) is 18.0 Å². The molecule has 0 spiro atoms. The molecule has 0 radical (unpaired) electrons. The highest BCUT2D eigenvalue weighted by atomic mass is 32.1. The summed E-state index contributed by atoms with van der Waals surface area (Å²) in [4.78, 5) is 36.3. The van der Waals surface area contributed by atoms with Crippen molar-refractivity contribution >= 4 is 27.5 Å². The van der Waals surface area contributed by atoms with E-state index in [1.54, 1.807) is 15.9 Å². The highest BCUT2D eigenvalue weighted by molar-refractivity contribution is 7.18. The number of hydrogen-bond donors (Lipinski definition) is 0. The maximum atomic E-state index is 13.1. The lowest BCUT2D eigenvalue weighted by Gasteiger charge is -2.27. The third kappa shape index (κ3) is 3.62. The van der Waals surface area contributed by atoms with E-state index in [1.807, 2.05) is 37.7 Å². The predicted octanol–water partition coefficient (Wildman–Crippen LogP) is 2.15. The summed E-state index contributed by atoms with van der Waals surface area (Å²) in [6.45, 7) is 6.18. The lowest BCUT2D eigenvalue weighted by molar-refractivity contribution is -0.132. The zero-order valence-corrected chi connectivity index (χ0v) is 16.3. The van der Waals surface area contributed by atoms with Crippen LogP contribution in [0.2, 0.25) is 0 Å². The van der Waals surface area contributed by atoms with E-state index in [4.69, 9.17) is 4.98 Å². The van der Waals surface area contributed by atoms with Gasteiger partial charge in [-0.15, -0.1) is 11.3 Å². The fourth-order valence-corrected chi connectivity index (χ4v) is 4.35. The second-order valence-electron chi connectivity index (χ2n) is 7.06. The molecule has 0 aromatic carbocycles. The lowest BCUT2D eigenvalue weighted by Crippen LogP contribution is -2.41. The van der Waals surface area contributed by atoms with Crippen LogP contribution in [0, 0.1) is 13.8 Å². The summed E-state index contributed by atoms with van der Waals surface area (Å²) in [6.07, 6.45) is 3.27. The highest BCUT2D eigenvalue weighted by Crippen LogP contribution is 2.26. The highest BCUT2D eigenvalue weighted by Gasteiger charge is 2.22. The molecule has 3 rings (SSSR count). The van der Waals surface area contributed by atoms with Gasteiger partial charge in [0.25, 0.3) is 5.56 Å². The fraction of sp³-hybridized carbons (Fsp3) is 0.611. The second kappa shape index (κ2) is 7.25. The molecule has 7 heteroatoms. The predicted molar refractivity (Wildman–Crippen MR) is 101 cm³/mol. The maximum absolute atomic E-state index is 13.1. The Bertz CT molecular complexity index is 847. The van der Waals surface area contributed by atoms with Gasteiger partial charge in [-0.2, -0.15) is 0 Å². The minimum absolute atomic E-state index is 0.0209. The summed E-state index contributed by atoms with van der Waals surface area (Å²) >= 11 is 1.55. The number of nitrogens with zero attached hydrogens (tertiary/aromatic N) is 4. The second-order valence-corrected chi connectivity index (χ2v) is 8.27. The molecule has 0 bridgehead atoms. The SMILES string of the molecule is Cc1sc2nc(CN(C)C)n(CC(=O)N3CCCCC3)c(=O)c2c1C. The summed E-state index contributed by atoms with van der Waals surface area (Å²) in [5.74, 6) is 0.682. The minimum atomic E-state index is -0.0888. The topological polar surface area (TPSA) is 58.4 Å². The molecule has 1 saturated heterocycles. The van der Waals surface area contributed by atoms with E-state index >= 15 is 0 Å². The average molecular weight is 362 g/mol. The minimum Gasteiger partial charge on any atom is -0.341 e. The zero-order valence-electron chi connectivity index (χ0n) is 15.5. The van der Waals surface area contributed by atoms with Gasteiger partial charge in [-0.3, -0.25) is 14.2 Å². The van der Waals surface area contributed by atoms with Gasteiger partial charge in [-0.1, -0.05) is 0 Å². The number of piperidine rings is 1. The molecule has 2 aromatic heterocycles. The number of hydrogen-bond acceptors (Lipinski definition) is 5. The van der Waals surface area contributed by atoms with Crippen molar-refractivity contribution in [2.75, 3.05) is 27.2 Å². The molecule has 0 unspecified atom stereocenters. The number of carbonyl (C=O) groups excluding carboxylic acids is 1. The van der Waals surface area contributed by atoms with Gasteiger partial charge in [-0.25, -0.2) is 4.98 Å². The smallest absolute Gasteiger partial charge is 0.263 e. The van der Waals surface area contributed by atoms with Crippen LogP contribution in [-0.4, -0.2) is 52.4 Å². The van der Waals surface area contributed by atoms with Crippen molar-refractivity contribution < 1.29 is 4.79 Å². The van der Waals surface area contributed by atoms with Crippen LogP contribution in [-0.2, 0) is 17.9 Å². The van der Waals surface area contributed by atoms with Crippen LogP contribution in [0.25, 0.3) is 10.2 Å². The van der Waals surface area contributed by atoms with Crippen molar-refractivity contribution in [3.8, 4) is 0 Å². The average Bonchev–Trinajstić information content (AvgIpc) is 2.85. The first-order valence-corrected chi connectivity index (χ1v) is 9.62. The molecule has 0 saturated carbocycles. The first-order valence-electron chi connectivity index (χ1n) is 8.80. The standard InChI is InChI=1S/C18H26N4O2S/c1-12-13(2)25-17-16(12)18(24)22(14(19-17)10-20(3)4)11-15(23)21-8-6-5-7-9-21/h5-11H2,1-4H3. The number of fused-ring (bicyclic) bond motifs is 1. The Balaban J connectivity index is 2.04. The number of carbonyl (C=O) groups is 1. The van der Waals surface area contributed by atoms with E-state index in [1.165, 1.54) is 6.42 Å². The molecule has 2 aromatic rings. The van der Waals surface area contributed by atoms with Crippen LogP contribution >= 0.6 is 11.3 Å². The number of aryl methyl sites for hydroxylation is 2. The summed E-state index contributed by atoms with van der Waals surface area (Å²) in [6, 6.07) is 0. The summed E-state index contributed by atoms with van der Waals surface area (Å²) in [5.41, 5.74) is 0.891. The molecule has 1 amide bonds. The first kappa shape index (κ1) is 18.1. The summed E-state index contributed by atoms with van der Waals surface area (Å²) in [5, 5.41) is 0.663. The van der Waals surface area contributed by atoms with Gasteiger partial charge >= 0.3 is 0 Å². The Morgan fingerprint density at radius 3 is 2.52 bits per heavy atom. The Hall–Kier alpha value is -1.73. The Labute approximate surface area is 152 Å². The van der Waals surface area contributed by atoms with Crippen molar-refractivity contribution in [3.63, 3.8) is 0 Å². The van der Waals surface area contributed by atoms with Crippen molar-refractivity contribution in [2.24, 2.45) is 0 Å². The van der Waals surface area contributed by atoms with Crippen LogP contribution in [0.4, 0.5) is 0 Å². The number of thiophene rings is 1. The first-order chi connectivity index (χ1) is 11.9. The zero-order chi connectivity index (χ0) is 18.1. The number of amides is 1. The van der Waals surface area contributed by atoms with Crippen LogP contribution in [0.1, 0.15) is 35.5 Å². The molecule has 136 valence electrons. The van der Waals surface area contributed by atoms with Crippen LogP contribution < -0.4 is 5.56 Å². The number of rotatable bonds is 4. The lowest BCUT2D eigenvalue weighted by atomic mass is 10.1. The molecular weight excluding hydrogens is 336 g/mol. The maximum Gasteiger partial charge on any atom is 0.263 e. The quantitative estimate of drug-likeness (QED) is 0.836. The van der Waals surface area contributed by atoms with Crippen molar-refractivity contribution in [1.82, 2.24) is 19.4 Å². The third-order valence-corrected chi connectivity index (χ3v) is 5.93. The Morgan fingerprint density at radius 1 is 1.20 bits per heavy atom. The Kier molecular flexibility index (Phi) is 5.24. The Morgan fingerprint density at radius 2 is 1.88 bits per heavy atom. The van der Waals surface area contributed by atoms with E-state index in [2.05, 4.69) is 0 Å². The van der Waals surface area contributed by atoms with Crippen molar-refractivity contribution in [1.29, 1.82) is 0 Å². The van der Waals surface area contributed by atoms with Crippen LogP contribution in [0.5, 0.6) is 0 Å². The van der Waals surface area contributed by atoms with Crippen molar-refractivity contribution in [2.45, 2.75) is 46.2 Å². The van der Waals surface area contributed by atoms with E-state index in [0.29, 0.717) is 17.8 Å². The molecule has 6 nitrogen and oxygen atoms in total. The normalized spacial score (nSPS) is 15.3. The van der Waals surface area contributed by atoms with Gasteiger partial charge in [0.05, 0.1) is 11.9 Å². The molecular formula is C18H26N4O2S. The molecule has 1 aliphatic heterocycles. The molecule has 0 atom stereocenters. The third-order valence-electron chi connectivity index (χ3n) is 4.83. The van der Waals surface area contributed by atoms with Crippen LogP contribution in [0.15, 0.2) is 4.79 Å². The molecule has 1 aliphatic rings. The summed E-state index contributed by atoms with van der Waals surface area (Å²) < 4.78 is 1.58. The van der Waals surface area contributed by atoms with E-state index in [9.17, 15) is 9.59 Å². The summed E-state index contributed by atoms with van der Waals surface area (Å²) in [7, 11) is 3.89. The molecule has 0 N–H and O–H groups in total. The molecule has 3 heterocycles. The molecule has 0 aliphatic carbocycles. The monoisotopic (exact) mass is 362 g/mol. The van der Waals surface area contributed by atoms with Crippen molar-refractivity contribution in [3.05, 3.63) is 26.6 Å². The van der Waals surface area contributed by atoms with Gasteiger partial charge in [0, 0.05) is 18.0 Å². The van der Waals surface area contributed by atoms with Gasteiger partial charge in [0.1, 0.15) is 17.2 Å². The molecule has 1 fully saturated rings. The number of likely N-dealkylation sites (tertiary alicyclic amines) is 1. The fourth-order valence-electron chi connectivity index (χ4n) is 3.31. The van der Waals surface area contributed by atoms with Gasteiger partial charge in [0.2, 0.25) is 5.91 Å². The van der Waals surface area contributed by atoms with Gasteiger partial charge in [0.15, 0.2) is 0 Å². The van der Waals surface area contributed by atoms with E-state index in [0.717, 1.165) is 41.2 Å². The number of aromatic nitrogens is 2. The largest absolute Gasteiger partial charge is 0.341 e. The van der Waals surface area contributed by atoms with Crippen LogP contribution in [0.3, 0.4) is 0 Å². The van der Waals surface area contributed by atoms with E-state index < -0.39 is 0 Å². The molecule has 25 heavy (non-hydrogen) atoms.